The molecule has 2 aromatic carbocycles. The van der Waals surface area contributed by atoms with Crippen molar-refractivity contribution in [3.63, 3.8) is 0 Å². The smallest absolute Gasteiger partial charge is 0.243 e. The lowest BCUT2D eigenvalue weighted by molar-refractivity contribution is 0.0249. The van der Waals surface area contributed by atoms with E-state index < -0.39 is 10.0 Å². The minimum atomic E-state index is -3.61. The number of hydrogen-bond donors (Lipinski definition) is 0. The van der Waals surface area contributed by atoms with Crippen molar-refractivity contribution in [3.8, 4) is 0 Å². The molecule has 186 valence electrons. The lowest BCUT2D eigenvalue weighted by Gasteiger charge is -2.35. The third-order valence-corrected chi connectivity index (χ3v) is 8.82. The molecule has 9 heteroatoms. The van der Waals surface area contributed by atoms with Gasteiger partial charge < -0.3 is 9.64 Å². The van der Waals surface area contributed by atoms with Gasteiger partial charge in [0.05, 0.1) is 16.5 Å². The monoisotopic (exact) mass is 495 g/mol. The van der Waals surface area contributed by atoms with Crippen LogP contribution in [0.1, 0.15) is 31.4 Å². The fourth-order valence-electron chi connectivity index (χ4n) is 5.02. The number of ether oxygens (including phenoxy) is 1. The number of piperazine rings is 1. The average Bonchev–Trinajstić information content (AvgIpc) is 3.43. The summed E-state index contributed by atoms with van der Waals surface area (Å²) >= 11 is 0. The quantitative estimate of drug-likeness (QED) is 0.474. The minimum Gasteiger partial charge on any atom is -0.372 e. The second-order valence-electron chi connectivity index (χ2n) is 9.13. The highest BCUT2D eigenvalue weighted by Crippen LogP contribution is 2.29. The van der Waals surface area contributed by atoms with Gasteiger partial charge in [-0.1, -0.05) is 30.3 Å². The van der Waals surface area contributed by atoms with Gasteiger partial charge in [0, 0.05) is 57.8 Å². The lowest BCUT2D eigenvalue weighted by Crippen LogP contribution is -2.49. The van der Waals surface area contributed by atoms with Crippen molar-refractivity contribution >= 4 is 26.7 Å². The van der Waals surface area contributed by atoms with Gasteiger partial charge in [-0.25, -0.2) is 18.4 Å². The van der Waals surface area contributed by atoms with Crippen LogP contribution in [0.5, 0.6) is 0 Å². The van der Waals surface area contributed by atoms with Crippen molar-refractivity contribution in [2.45, 2.75) is 30.8 Å². The molecular weight excluding hydrogens is 462 g/mol. The molecule has 1 atom stereocenters. The molecule has 0 amide bonds. The Hall–Kier alpha value is -2.59. The molecule has 2 aliphatic rings. The zero-order valence-electron chi connectivity index (χ0n) is 20.2. The number of anilines is 1. The summed E-state index contributed by atoms with van der Waals surface area (Å²) in [5.74, 6) is 0.831. The molecule has 8 nitrogen and oxygen atoms in total. The molecule has 1 unspecified atom stereocenters. The van der Waals surface area contributed by atoms with Crippen molar-refractivity contribution < 1.29 is 13.2 Å². The van der Waals surface area contributed by atoms with Crippen molar-refractivity contribution in [3.05, 3.63) is 60.4 Å². The third kappa shape index (κ3) is 5.18. The van der Waals surface area contributed by atoms with Crippen LogP contribution in [0.3, 0.4) is 0 Å². The summed E-state index contributed by atoms with van der Waals surface area (Å²) in [6.45, 7) is 7.53. The number of hydrogen-bond acceptors (Lipinski definition) is 7. The minimum absolute atomic E-state index is 0.0196. The van der Waals surface area contributed by atoms with Gasteiger partial charge in [0.1, 0.15) is 12.1 Å². The van der Waals surface area contributed by atoms with Gasteiger partial charge in [-0.15, -0.1) is 0 Å². The Labute approximate surface area is 207 Å². The number of nitrogens with zero attached hydrogens (tertiary/aromatic N) is 5. The van der Waals surface area contributed by atoms with E-state index in [0.29, 0.717) is 37.7 Å². The number of rotatable bonds is 8. The van der Waals surface area contributed by atoms with E-state index in [4.69, 9.17) is 4.74 Å². The van der Waals surface area contributed by atoms with Crippen LogP contribution in [0.15, 0.2) is 59.8 Å². The van der Waals surface area contributed by atoms with Crippen LogP contribution >= 0.6 is 0 Å². The Morgan fingerprint density at radius 2 is 1.69 bits per heavy atom. The van der Waals surface area contributed by atoms with Crippen LogP contribution < -0.4 is 4.90 Å². The van der Waals surface area contributed by atoms with Crippen molar-refractivity contribution in [1.82, 2.24) is 19.2 Å². The molecule has 5 rings (SSSR count). The lowest BCUT2D eigenvalue weighted by atomic mass is 10.1. The second kappa shape index (κ2) is 10.6. The Morgan fingerprint density at radius 3 is 2.40 bits per heavy atom. The van der Waals surface area contributed by atoms with E-state index in [1.807, 2.05) is 25.1 Å². The van der Waals surface area contributed by atoms with Gasteiger partial charge in [-0.05, 0) is 43.5 Å². The highest BCUT2D eigenvalue weighted by molar-refractivity contribution is 7.89. The van der Waals surface area contributed by atoms with Crippen LogP contribution in [0.25, 0.3) is 10.9 Å². The first-order valence-corrected chi connectivity index (χ1v) is 13.9. The van der Waals surface area contributed by atoms with E-state index in [0.717, 1.165) is 54.8 Å². The molecule has 2 aliphatic heterocycles. The van der Waals surface area contributed by atoms with E-state index in [1.54, 1.807) is 28.8 Å². The van der Waals surface area contributed by atoms with E-state index in [1.165, 1.54) is 0 Å². The Morgan fingerprint density at radius 1 is 0.943 bits per heavy atom. The molecule has 0 spiro atoms. The Kier molecular flexibility index (Phi) is 7.29. The standard InChI is InChI=1S/C26H33N5O3S/c1-2-34-25(21-8-4-3-5-9-21)19-29-14-16-31(17-15-29)35(32,33)22-10-11-24-23(18-22)26(28-20-27-24)30-12-6-7-13-30/h3-5,8-11,18,20,25H,2,6-7,12-17,19H2,1H3. The van der Waals surface area contributed by atoms with Crippen molar-refractivity contribution in [1.29, 1.82) is 0 Å². The molecule has 1 aromatic heterocycles. The third-order valence-electron chi connectivity index (χ3n) is 6.92. The molecular formula is C26H33N5O3S. The van der Waals surface area contributed by atoms with Gasteiger partial charge in [-0.2, -0.15) is 4.31 Å². The maximum Gasteiger partial charge on any atom is 0.243 e. The molecule has 0 saturated carbocycles. The topological polar surface area (TPSA) is 78.9 Å². The molecule has 3 heterocycles. The van der Waals surface area contributed by atoms with Crippen LogP contribution in [0.2, 0.25) is 0 Å². The van der Waals surface area contributed by atoms with Crippen molar-refractivity contribution in [2.75, 3.05) is 57.3 Å². The molecule has 2 saturated heterocycles. The summed E-state index contributed by atoms with van der Waals surface area (Å²) in [4.78, 5) is 13.7. The van der Waals surface area contributed by atoms with E-state index >= 15 is 0 Å². The summed E-state index contributed by atoms with van der Waals surface area (Å²) < 4.78 is 34.7. The summed E-state index contributed by atoms with van der Waals surface area (Å²) in [5.41, 5.74) is 1.92. The molecule has 0 bridgehead atoms. The van der Waals surface area contributed by atoms with Crippen LogP contribution in [-0.4, -0.2) is 80.0 Å². The van der Waals surface area contributed by atoms with E-state index in [9.17, 15) is 8.42 Å². The summed E-state index contributed by atoms with van der Waals surface area (Å²) in [6.07, 6.45) is 3.80. The molecule has 0 N–H and O–H groups in total. The first kappa shape index (κ1) is 24.1. The predicted molar refractivity (Wildman–Crippen MR) is 137 cm³/mol. The first-order valence-electron chi connectivity index (χ1n) is 12.4. The molecule has 3 aromatic rings. The van der Waals surface area contributed by atoms with Gasteiger partial charge in [0.2, 0.25) is 10.0 Å². The van der Waals surface area contributed by atoms with E-state index in [2.05, 4.69) is 31.9 Å². The summed E-state index contributed by atoms with van der Waals surface area (Å²) in [7, 11) is -3.61. The highest BCUT2D eigenvalue weighted by Gasteiger charge is 2.30. The largest absolute Gasteiger partial charge is 0.372 e. The van der Waals surface area contributed by atoms with Crippen LogP contribution in [-0.2, 0) is 14.8 Å². The number of aromatic nitrogens is 2. The number of sulfonamides is 1. The number of benzene rings is 2. The maximum absolute atomic E-state index is 13.5. The summed E-state index contributed by atoms with van der Waals surface area (Å²) in [6, 6.07) is 15.4. The molecule has 0 aliphatic carbocycles. The molecule has 35 heavy (non-hydrogen) atoms. The predicted octanol–water partition coefficient (Wildman–Crippen LogP) is 3.31. The van der Waals surface area contributed by atoms with E-state index in [-0.39, 0.29) is 6.10 Å². The fourth-order valence-corrected chi connectivity index (χ4v) is 6.47. The number of fused-ring (bicyclic) bond motifs is 1. The van der Waals surface area contributed by atoms with Gasteiger partial charge >= 0.3 is 0 Å². The average molecular weight is 496 g/mol. The Balaban J connectivity index is 1.30. The SMILES string of the molecule is CCOC(CN1CCN(S(=O)(=O)c2ccc3ncnc(N4CCCC4)c3c2)CC1)c1ccccc1. The zero-order valence-corrected chi connectivity index (χ0v) is 21.0. The Bertz CT molecular complexity index is 1240. The molecule has 0 radical (unpaired) electrons. The normalized spacial score (nSPS) is 18.8. The van der Waals surface area contributed by atoms with Gasteiger partial charge in [0.25, 0.3) is 0 Å². The highest BCUT2D eigenvalue weighted by atomic mass is 32.2. The van der Waals surface area contributed by atoms with Gasteiger partial charge in [-0.3, -0.25) is 4.90 Å². The van der Waals surface area contributed by atoms with Crippen molar-refractivity contribution in [2.24, 2.45) is 0 Å². The summed E-state index contributed by atoms with van der Waals surface area (Å²) in [5, 5.41) is 0.802. The van der Waals surface area contributed by atoms with Crippen LogP contribution in [0.4, 0.5) is 5.82 Å². The maximum atomic E-state index is 13.5. The van der Waals surface area contributed by atoms with Gasteiger partial charge in [0.15, 0.2) is 0 Å². The molecule has 2 fully saturated rings. The zero-order chi connectivity index (χ0) is 24.3. The van der Waals surface area contributed by atoms with Crippen LogP contribution in [0, 0.1) is 0 Å². The fraction of sp³-hybridized carbons (Fsp3) is 0.462. The first-order chi connectivity index (χ1) is 17.1. The second-order valence-corrected chi connectivity index (χ2v) is 11.1.